The molecule has 0 spiro atoms. The molecule has 0 aromatic carbocycles. The van der Waals surface area contributed by atoms with Crippen molar-refractivity contribution < 1.29 is 24.1 Å². The highest BCUT2D eigenvalue weighted by atomic mass is 16.7. The maximum atomic E-state index is 11.0. The number of ether oxygens (including phenoxy) is 3. The van der Waals surface area contributed by atoms with Gasteiger partial charge in [0.1, 0.15) is 0 Å². The van der Waals surface area contributed by atoms with Gasteiger partial charge in [-0.15, -0.1) is 0 Å². The maximum absolute atomic E-state index is 11.0. The number of unbranched alkanes of at least 4 members (excludes halogenated alkanes) is 1. The van der Waals surface area contributed by atoms with Gasteiger partial charge in [0, 0.05) is 18.8 Å². The van der Waals surface area contributed by atoms with E-state index in [0.29, 0.717) is 19.4 Å². The molecular weight excluding hydrogens is 284 g/mol. The predicted molar refractivity (Wildman–Crippen MR) is 82.1 cm³/mol. The average Bonchev–Trinajstić information content (AvgIpc) is 2.75. The Morgan fingerprint density at radius 3 is 2.91 bits per heavy atom. The van der Waals surface area contributed by atoms with Gasteiger partial charge in [0.25, 0.3) is 0 Å². The van der Waals surface area contributed by atoms with E-state index in [0.717, 1.165) is 19.3 Å². The van der Waals surface area contributed by atoms with Crippen molar-refractivity contribution in [2.45, 2.75) is 63.9 Å². The molecule has 5 heteroatoms. The minimum Gasteiger partial charge on any atom is -0.469 e. The zero-order valence-electron chi connectivity index (χ0n) is 13.8. The molecular formula is C17H28O5. The van der Waals surface area contributed by atoms with Gasteiger partial charge in [-0.05, 0) is 39.0 Å². The van der Waals surface area contributed by atoms with Crippen molar-refractivity contribution in [1.29, 1.82) is 0 Å². The van der Waals surface area contributed by atoms with E-state index in [4.69, 9.17) is 9.47 Å². The Morgan fingerprint density at radius 2 is 2.18 bits per heavy atom. The molecule has 0 unspecified atom stereocenters. The van der Waals surface area contributed by atoms with Gasteiger partial charge < -0.3 is 19.3 Å². The molecule has 0 amide bonds. The van der Waals surface area contributed by atoms with Gasteiger partial charge in [-0.1, -0.05) is 12.2 Å². The number of aliphatic hydroxyl groups excluding tert-OH is 1. The molecule has 0 aromatic heterocycles. The molecule has 126 valence electrons. The zero-order valence-corrected chi connectivity index (χ0v) is 13.8. The quantitative estimate of drug-likeness (QED) is 0.463. The van der Waals surface area contributed by atoms with E-state index in [9.17, 15) is 9.90 Å². The summed E-state index contributed by atoms with van der Waals surface area (Å²) in [6, 6.07) is 0. The summed E-state index contributed by atoms with van der Waals surface area (Å²) >= 11 is 0. The van der Waals surface area contributed by atoms with Crippen LogP contribution in [0.15, 0.2) is 12.2 Å². The van der Waals surface area contributed by atoms with Gasteiger partial charge in [-0.2, -0.15) is 0 Å². The number of carbonyl (C=O) groups is 1. The summed E-state index contributed by atoms with van der Waals surface area (Å²) in [5.74, 6) is -0.248. The molecule has 2 rings (SSSR count). The SMILES string of the molecule is COC(=O)CCC/C=C\C[C@@H]1[C@H]2COC(C)(C)O[C@@H]2C[C@@H]1O. The second-order valence-corrected chi connectivity index (χ2v) is 6.67. The number of aliphatic hydroxyl groups is 1. The normalized spacial score (nSPS) is 33.8. The first kappa shape index (κ1) is 17.4. The summed E-state index contributed by atoms with van der Waals surface area (Å²) in [7, 11) is 1.41. The van der Waals surface area contributed by atoms with Crippen LogP contribution in [-0.2, 0) is 19.0 Å². The summed E-state index contributed by atoms with van der Waals surface area (Å²) in [5, 5.41) is 10.3. The molecule has 1 aliphatic carbocycles. The second-order valence-electron chi connectivity index (χ2n) is 6.67. The number of fused-ring (bicyclic) bond motifs is 1. The van der Waals surface area contributed by atoms with Crippen molar-refractivity contribution >= 4 is 5.97 Å². The Kier molecular flexibility index (Phi) is 6.01. The first-order valence-corrected chi connectivity index (χ1v) is 8.14. The Labute approximate surface area is 132 Å². The first-order valence-electron chi connectivity index (χ1n) is 8.14. The fraction of sp³-hybridized carbons (Fsp3) is 0.824. The highest BCUT2D eigenvalue weighted by Crippen LogP contribution is 2.42. The molecule has 4 atom stereocenters. The van der Waals surface area contributed by atoms with E-state index in [1.54, 1.807) is 0 Å². The maximum Gasteiger partial charge on any atom is 0.305 e. The Hall–Kier alpha value is -0.910. The van der Waals surface area contributed by atoms with Crippen LogP contribution in [0.25, 0.3) is 0 Å². The fourth-order valence-electron chi connectivity index (χ4n) is 3.38. The number of esters is 1. The van der Waals surface area contributed by atoms with Crippen LogP contribution in [0.4, 0.5) is 0 Å². The van der Waals surface area contributed by atoms with Crippen LogP contribution in [0.5, 0.6) is 0 Å². The highest BCUT2D eigenvalue weighted by Gasteiger charge is 2.48. The minimum atomic E-state index is -0.542. The van der Waals surface area contributed by atoms with E-state index >= 15 is 0 Å². The van der Waals surface area contributed by atoms with Crippen LogP contribution in [0.3, 0.4) is 0 Å². The lowest BCUT2D eigenvalue weighted by atomic mass is 9.90. The van der Waals surface area contributed by atoms with Crippen molar-refractivity contribution in [2.75, 3.05) is 13.7 Å². The smallest absolute Gasteiger partial charge is 0.305 e. The van der Waals surface area contributed by atoms with Crippen LogP contribution in [0.1, 0.15) is 46.0 Å². The average molecular weight is 312 g/mol. The van der Waals surface area contributed by atoms with Crippen LogP contribution < -0.4 is 0 Å². The fourth-order valence-corrected chi connectivity index (χ4v) is 3.38. The summed E-state index contributed by atoms with van der Waals surface area (Å²) < 4.78 is 16.3. The van der Waals surface area contributed by atoms with E-state index < -0.39 is 5.79 Å². The third-order valence-corrected chi connectivity index (χ3v) is 4.61. The van der Waals surface area contributed by atoms with Crippen molar-refractivity contribution in [2.24, 2.45) is 11.8 Å². The first-order chi connectivity index (χ1) is 10.4. The summed E-state index contributed by atoms with van der Waals surface area (Å²) in [5.41, 5.74) is 0. The van der Waals surface area contributed by atoms with Crippen molar-refractivity contribution in [3.05, 3.63) is 12.2 Å². The van der Waals surface area contributed by atoms with Gasteiger partial charge in [-0.25, -0.2) is 0 Å². The number of rotatable bonds is 6. The van der Waals surface area contributed by atoms with Crippen molar-refractivity contribution in [1.82, 2.24) is 0 Å². The predicted octanol–water partition coefficient (Wildman–Crippen LogP) is 2.42. The Balaban J connectivity index is 1.75. The lowest BCUT2D eigenvalue weighted by Crippen LogP contribution is -2.44. The molecule has 5 nitrogen and oxygen atoms in total. The molecule has 0 radical (unpaired) electrons. The van der Waals surface area contributed by atoms with Crippen molar-refractivity contribution in [3.8, 4) is 0 Å². The van der Waals surface area contributed by atoms with Crippen LogP contribution in [0, 0.1) is 11.8 Å². The number of methoxy groups -OCH3 is 1. The van der Waals surface area contributed by atoms with Gasteiger partial charge in [0.15, 0.2) is 5.79 Å². The third-order valence-electron chi connectivity index (χ3n) is 4.61. The summed E-state index contributed by atoms with van der Waals surface area (Å²) in [6.45, 7) is 4.49. The number of hydrogen-bond acceptors (Lipinski definition) is 5. The molecule has 1 aliphatic heterocycles. The Bertz CT molecular complexity index is 404. The van der Waals surface area contributed by atoms with Gasteiger partial charge in [-0.3, -0.25) is 4.79 Å². The molecule has 1 saturated heterocycles. The standard InChI is InChI=1S/C17H28O5/c1-17(2)21-11-13-12(14(18)10-15(13)22-17)8-6-4-5-7-9-16(19)20-3/h4,6,12-15,18H,5,7-11H2,1-3H3/b6-4-/t12-,13-,14+,15-/m1/s1. The van der Waals surface area contributed by atoms with Gasteiger partial charge in [0.05, 0.1) is 25.9 Å². The van der Waals surface area contributed by atoms with Gasteiger partial charge >= 0.3 is 5.97 Å². The van der Waals surface area contributed by atoms with Gasteiger partial charge in [0.2, 0.25) is 0 Å². The molecule has 1 saturated carbocycles. The second kappa shape index (κ2) is 7.57. The van der Waals surface area contributed by atoms with E-state index in [1.165, 1.54) is 7.11 Å². The van der Waals surface area contributed by atoms with E-state index in [1.807, 2.05) is 13.8 Å². The van der Waals surface area contributed by atoms with Crippen LogP contribution >= 0.6 is 0 Å². The molecule has 2 aliphatic rings. The Morgan fingerprint density at radius 1 is 1.41 bits per heavy atom. The number of hydrogen-bond donors (Lipinski definition) is 1. The zero-order chi connectivity index (χ0) is 16.2. The lowest BCUT2D eigenvalue weighted by Gasteiger charge is -2.39. The van der Waals surface area contributed by atoms with Crippen LogP contribution in [-0.4, -0.2) is 42.8 Å². The summed E-state index contributed by atoms with van der Waals surface area (Å²) in [4.78, 5) is 11.0. The molecule has 0 aromatic rings. The third kappa shape index (κ3) is 4.54. The van der Waals surface area contributed by atoms with E-state index in [2.05, 4.69) is 16.9 Å². The highest BCUT2D eigenvalue weighted by molar-refractivity contribution is 5.68. The molecule has 22 heavy (non-hydrogen) atoms. The monoisotopic (exact) mass is 312 g/mol. The molecule has 1 heterocycles. The van der Waals surface area contributed by atoms with Crippen LogP contribution in [0.2, 0.25) is 0 Å². The topological polar surface area (TPSA) is 65.0 Å². The van der Waals surface area contributed by atoms with E-state index in [-0.39, 0.29) is 30.0 Å². The number of carbonyl (C=O) groups excluding carboxylic acids is 1. The largest absolute Gasteiger partial charge is 0.469 e. The molecule has 2 fully saturated rings. The molecule has 0 bridgehead atoms. The minimum absolute atomic E-state index is 0.0940. The van der Waals surface area contributed by atoms with Crippen molar-refractivity contribution in [3.63, 3.8) is 0 Å². The molecule has 1 N–H and O–H groups in total. The summed E-state index contributed by atoms with van der Waals surface area (Å²) in [6.07, 6.45) is 7.57. The lowest BCUT2D eigenvalue weighted by molar-refractivity contribution is -0.290. The number of allylic oxidation sites excluding steroid dienone is 2.